The van der Waals surface area contributed by atoms with Crippen LogP contribution in [-0.2, 0) is 0 Å². The topological polar surface area (TPSA) is 51.8 Å². The number of fused-ring (bicyclic) bond motifs is 8. The van der Waals surface area contributed by atoms with Crippen LogP contribution < -0.4 is 0 Å². The Bertz CT molecular complexity index is 3210. The zero-order chi connectivity index (χ0) is 34.2. The standard InChI is InChI=1S/C47H27N3OS/c1-2-10-29-25-31(20-19-28(29)9-1)45-48-46(50-47(49-45)33-22-24-37-36-12-3-5-17-41(36)51-42(37)27-33)32-21-23-34-30(26-32)11-7-14-35(34)39-15-8-16-40-38-13-4-6-18-43(38)52-44(39)40/h1-27H. The third kappa shape index (κ3) is 4.64. The lowest BCUT2D eigenvalue weighted by molar-refractivity contribution is 0.669. The molecule has 0 aliphatic heterocycles. The fraction of sp³-hybridized carbons (Fsp3) is 0. The van der Waals surface area contributed by atoms with Crippen molar-refractivity contribution in [2.75, 3.05) is 0 Å². The van der Waals surface area contributed by atoms with Crippen LogP contribution in [0.25, 0.3) is 109 Å². The number of benzene rings is 8. The molecule has 0 radical (unpaired) electrons. The van der Waals surface area contributed by atoms with Crippen molar-refractivity contribution in [3.63, 3.8) is 0 Å². The maximum Gasteiger partial charge on any atom is 0.164 e. The molecule has 0 fully saturated rings. The molecule has 0 unspecified atom stereocenters. The molecule has 0 amide bonds. The lowest BCUT2D eigenvalue weighted by Gasteiger charge is -2.12. The van der Waals surface area contributed by atoms with Gasteiger partial charge in [0, 0.05) is 53.2 Å². The minimum atomic E-state index is 0.598. The van der Waals surface area contributed by atoms with Gasteiger partial charge in [-0.25, -0.2) is 15.0 Å². The molecule has 0 saturated carbocycles. The van der Waals surface area contributed by atoms with E-state index in [9.17, 15) is 0 Å². The molecule has 11 aromatic rings. The second-order valence-electron chi connectivity index (χ2n) is 13.2. The van der Waals surface area contributed by atoms with Gasteiger partial charge in [-0.3, -0.25) is 0 Å². The van der Waals surface area contributed by atoms with Crippen molar-refractivity contribution >= 4 is 75.0 Å². The highest BCUT2D eigenvalue weighted by Crippen LogP contribution is 2.42. The smallest absolute Gasteiger partial charge is 0.164 e. The molecule has 0 N–H and O–H groups in total. The van der Waals surface area contributed by atoms with E-state index in [0.29, 0.717) is 17.5 Å². The van der Waals surface area contributed by atoms with E-state index in [2.05, 4.69) is 140 Å². The molecule has 11 rings (SSSR count). The second-order valence-corrected chi connectivity index (χ2v) is 14.3. The van der Waals surface area contributed by atoms with E-state index in [0.717, 1.165) is 49.4 Å². The van der Waals surface area contributed by atoms with Crippen molar-refractivity contribution < 1.29 is 4.42 Å². The SMILES string of the molecule is c1ccc2cc(-c3nc(-c4ccc5c(-c6cccc7c6sc6ccccc67)cccc5c4)nc(-c4ccc5c(c4)oc4ccccc45)n3)ccc2c1. The molecule has 52 heavy (non-hydrogen) atoms. The van der Waals surface area contributed by atoms with Gasteiger partial charge < -0.3 is 4.42 Å². The zero-order valence-corrected chi connectivity index (χ0v) is 28.6. The van der Waals surface area contributed by atoms with E-state index in [1.807, 2.05) is 35.6 Å². The molecule has 0 bridgehead atoms. The van der Waals surface area contributed by atoms with E-state index in [4.69, 9.17) is 19.4 Å². The fourth-order valence-electron chi connectivity index (χ4n) is 7.57. The first-order chi connectivity index (χ1) is 25.7. The van der Waals surface area contributed by atoms with Crippen molar-refractivity contribution in [1.82, 2.24) is 15.0 Å². The van der Waals surface area contributed by atoms with Crippen molar-refractivity contribution in [2.24, 2.45) is 0 Å². The Morgan fingerprint density at radius 2 is 0.942 bits per heavy atom. The van der Waals surface area contributed by atoms with E-state index >= 15 is 0 Å². The molecule has 0 aliphatic rings. The van der Waals surface area contributed by atoms with Crippen LogP contribution in [-0.4, -0.2) is 15.0 Å². The summed E-state index contributed by atoms with van der Waals surface area (Å²) in [6.07, 6.45) is 0. The number of rotatable bonds is 4. The highest BCUT2D eigenvalue weighted by Gasteiger charge is 2.17. The van der Waals surface area contributed by atoms with Crippen LogP contribution in [0.3, 0.4) is 0 Å². The number of furan rings is 1. The molecule has 5 heteroatoms. The zero-order valence-electron chi connectivity index (χ0n) is 27.7. The molecule has 3 heterocycles. The van der Waals surface area contributed by atoms with Crippen molar-refractivity contribution in [3.8, 4) is 45.3 Å². The van der Waals surface area contributed by atoms with Crippen molar-refractivity contribution in [3.05, 3.63) is 164 Å². The number of hydrogen-bond donors (Lipinski definition) is 0. The fourth-order valence-corrected chi connectivity index (χ4v) is 8.80. The summed E-state index contributed by atoms with van der Waals surface area (Å²) < 4.78 is 8.88. The van der Waals surface area contributed by atoms with E-state index in [1.165, 1.54) is 42.1 Å². The second kappa shape index (κ2) is 11.4. The van der Waals surface area contributed by atoms with Gasteiger partial charge >= 0.3 is 0 Å². The Morgan fingerprint density at radius 3 is 1.79 bits per heavy atom. The Hall–Kier alpha value is -6.69. The Morgan fingerprint density at radius 1 is 0.365 bits per heavy atom. The van der Waals surface area contributed by atoms with E-state index in [-0.39, 0.29) is 0 Å². The summed E-state index contributed by atoms with van der Waals surface area (Å²) in [6, 6.07) is 57.5. The van der Waals surface area contributed by atoms with Gasteiger partial charge in [0.2, 0.25) is 0 Å². The predicted molar refractivity (Wildman–Crippen MR) is 217 cm³/mol. The predicted octanol–water partition coefficient (Wildman–Crippen LogP) is 13.1. The number of hydrogen-bond acceptors (Lipinski definition) is 5. The normalized spacial score (nSPS) is 11.8. The molecular weight excluding hydrogens is 655 g/mol. The third-order valence-corrected chi connectivity index (χ3v) is 11.3. The summed E-state index contributed by atoms with van der Waals surface area (Å²) in [6.45, 7) is 0. The first kappa shape index (κ1) is 29.1. The van der Waals surface area contributed by atoms with Crippen LogP contribution >= 0.6 is 11.3 Å². The van der Waals surface area contributed by atoms with Gasteiger partial charge in [-0.05, 0) is 63.5 Å². The Kier molecular flexibility index (Phi) is 6.39. The van der Waals surface area contributed by atoms with Crippen LogP contribution in [0, 0.1) is 0 Å². The number of para-hydroxylation sites is 1. The van der Waals surface area contributed by atoms with Crippen LogP contribution in [0.2, 0.25) is 0 Å². The van der Waals surface area contributed by atoms with Gasteiger partial charge in [0.1, 0.15) is 11.2 Å². The largest absolute Gasteiger partial charge is 0.456 e. The number of aromatic nitrogens is 3. The van der Waals surface area contributed by atoms with Gasteiger partial charge in [-0.2, -0.15) is 0 Å². The maximum atomic E-state index is 6.26. The molecule has 4 nitrogen and oxygen atoms in total. The van der Waals surface area contributed by atoms with Crippen LogP contribution in [0.15, 0.2) is 168 Å². The highest BCUT2D eigenvalue weighted by atomic mass is 32.1. The van der Waals surface area contributed by atoms with Crippen LogP contribution in [0.4, 0.5) is 0 Å². The quantitative estimate of drug-likeness (QED) is 0.185. The Balaban J connectivity index is 1.08. The average Bonchev–Trinajstić information content (AvgIpc) is 3.78. The third-order valence-electron chi connectivity index (χ3n) is 10.1. The molecule has 0 atom stereocenters. The van der Waals surface area contributed by atoms with Crippen molar-refractivity contribution in [2.45, 2.75) is 0 Å². The first-order valence-electron chi connectivity index (χ1n) is 17.3. The van der Waals surface area contributed by atoms with Crippen LogP contribution in [0.5, 0.6) is 0 Å². The highest BCUT2D eigenvalue weighted by molar-refractivity contribution is 7.26. The first-order valence-corrected chi connectivity index (χ1v) is 18.2. The summed E-state index contributed by atoms with van der Waals surface area (Å²) >= 11 is 1.86. The monoisotopic (exact) mass is 681 g/mol. The van der Waals surface area contributed by atoms with Gasteiger partial charge in [-0.15, -0.1) is 11.3 Å². The maximum absolute atomic E-state index is 6.26. The van der Waals surface area contributed by atoms with E-state index < -0.39 is 0 Å². The van der Waals surface area contributed by atoms with Gasteiger partial charge in [-0.1, -0.05) is 127 Å². The van der Waals surface area contributed by atoms with Crippen LogP contribution in [0.1, 0.15) is 0 Å². The van der Waals surface area contributed by atoms with E-state index in [1.54, 1.807) is 0 Å². The molecular formula is C47H27N3OS. The number of thiophene rings is 1. The summed E-state index contributed by atoms with van der Waals surface area (Å²) in [5, 5.41) is 9.40. The summed E-state index contributed by atoms with van der Waals surface area (Å²) in [4.78, 5) is 15.3. The molecule has 0 saturated heterocycles. The Labute approximate surface area is 302 Å². The lowest BCUT2D eigenvalue weighted by atomic mass is 9.95. The molecule has 0 spiro atoms. The minimum absolute atomic E-state index is 0.598. The van der Waals surface area contributed by atoms with Gasteiger partial charge in [0.15, 0.2) is 17.5 Å². The summed E-state index contributed by atoms with van der Waals surface area (Å²) in [5.41, 5.74) is 6.87. The van der Waals surface area contributed by atoms with Gasteiger partial charge in [0.25, 0.3) is 0 Å². The molecule has 3 aromatic heterocycles. The molecule has 242 valence electrons. The van der Waals surface area contributed by atoms with Crippen molar-refractivity contribution in [1.29, 1.82) is 0 Å². The average molecular weight is 682 g/mol. The molecule has 0 aliphatic carbocycles. The number of nitrogens with zero attached hydrogens (tertiary/aromatic N) is 3. The minimum Gasteiger partial charge on any atom is -0.456 e. The summed E-state index contributed by atoms with van der Waals surface area (Å²) in [5.74, 6) is 1.85. The summed E-state index contributed by atoms with van der Waals surface area (Å²) in [7, 11) is 0. The molecule has 8 aromatic carbocycles. The lowest BCUT2D eigenvalue weighted by Crippen LogP contribution is -2.00. The van der Waals surface area contributed by atoms with Gasteiger partial charge in [0.05, 0.1) is 0 Å².